The quantitative estimate of drug-likeness (QED) is 0.569. The lowest BCUT2D eigenvalue weighted by Crippen LogP contribution is -2.52. The first-order chi connectivity index (χ1) is 17.2. The van der Waals surface area contributed by atoms with Crippen molar-refractivity contribution in [3.8, 4) is 5.75 Å². The molecule has 7 heteroatoms. The minimum absolute atomic E-state index is 0.0197. The van der Waals surface area contributed by atoms with Gasteiger partial charge < -0.3 is 14.5 Å². The van der Waals surface area contributed by atoms with Gasteiger partial charge in [-0.05, 0) is 47.7 Å². The van der Waals surface area contributed by atoms with Gasteiger partial charge in [-0.1, -0.05) is 36.8 Å². The van der Waals surface area contributed by atoms with Gasteiger partial charge in [0.05, 0.1) is 5.69 Å². The van der Waals surface area contributed by atoms with Gasteiger partial charge in [-0.15, -0.1) is 0 Å². The molecule has 0 N–H and O–H groups in total. The van der Waals surface area contributed by atoms with Crippen LogP contribution in [-0.4, -0.2) is 77.6 Å². The van der Waals surface area contributed by atoms with Crippen molar-refractivity contribution in [2.24, 2.45) is 0 Å². The number of anilines is 1. The van der Waals surface area contributed by atoms with E-state index < -0.39 is 0 Å². The normalized spacial score (nSPS) is 19.2. The number of ether oxygens (including phenoxy) is 1. The molecule has 1 saturated carbocycles. The van der Waals surface area contributed by atoms with Crippen LogP contribution in [0.1, 0.15) is 30.5 Å². The predicted molar refractivity (Wildman–Crippen MR) is 137 cm³/mol. The summed E-state index contributed by atoms with van der Waals surface area (Å²) in [5, 5.41) is 2.28. The summed E-state index contributed by atoms with van der Waals surface area (Å²) in [5.74, 6) is 1.59. The highest BCUT2D eigenvalue weighted by atomic mass is 16.5. The van der Waals surface area contributed by atoms with Gasteiger partial charge in [-0.3, -0.25) is 9.69 Å². The highest BCUT2D eigenvalue weighted by Crippen LogP contribution is 2.26. The minimum atomic E-state index is 0.0197. The average molecular weight is 472 g/mol. The van der Waals surface area contributed by atoms with Crippen molar-refractivity contribution < 1.29 is 9.53 Å². The van der Waals surface area contributed by atoms with Crippen LogP contribution >= 0.6 is 0 Å². The number of nitrogens with zero attached hydrogens (tertiary/aromatic N) is 5. The molecule has 3 aromatic rings. The Morgan fingerprint density at radius 3 is 2.54 bits per heavy atom. The van der Waals surface area contributed by atoms with E-state index in [4.69, 9.17) is 14.7 Å². The molecule has 0 radical (unpaired) electrons. The van der Waals surface area contributed by atoms with E-state index in [1.54, 1.807) is 0 Å². The van der Waals surface area contributed by atoms with E-state index in [-0.39, 0.29) is 12.5 Å². The fraction of sp³-hybridized carbons (Fsp3) is 0.464. The van der Waals surface area contributed by atoms with Crippen LogP contribution in [-0.2, 0) is 17.6 Å². The van der Waals surface area contributed by atoms with Crippen molar-refractivity contribution >= 4 is 22.6 Å². The molecule has 0 spiro atoms. The number of carbonyl (C=O) groups excluding carboxylic acids is 1. The molecule has 3 heterocycles. The van der Waals surface area contributed by atoms with E-state index >= 15 is 0 Å². The van der Waals surface area contributed by atoms with Crippen LogP contribution in [0.25, 0.3) is 10.8 Å². The zero-order valence-electron chi connectivity index (χ0n) is 20.2. The molecular formula is C28H33N5O2. The number of amides is 1. The molecule has 35 heavy (non-hydrogen) atoms. The fourth-order valence-corrected chi connectivity index (χ4v) is 5.40. The Balaban J connectivity index is 1.04. The standard InChI is InChI=1S/C28H33N5O2/c34-27(20-35-25-9-8-21-4-1-2-5-22(21)18-25)32-12-10-23-19-29-28(30-26(23)11-13-32)33-16-14-31(15-17-33)24-6-3-7-24/h1-2,4-5,8-9,18-19,24H,3,6-7,10-17,20H2. The molecule has 182 valence electrons. The monoisotopic (exact) mass is 471 g/mol. The molecule has 1 aliphatic carbocycles. The first-order valence-electron chi connectivity index (χ1n) is 13.0. The molecule has 1 amide bonds. The highest BCUT2D eigenvalue weighted by molar-refractivity contribution is 5.84. The van der Waals surface area contributed by atoms with Gasteiger partial charge in [0.25, 0.3) is 5.91 Å². The molecule has 0 unspecified atom stereocenters. The number of hydrogen-bond acceptors (Lipinski definition) is 6. The maximum absolute atomic E-state index is 12.9. The number of piperazine rings is 1. The Morgan fingerprint density at radius 2 is 1.74 bits per heavy atom. The summed E-state index contributed by atoms with van der Waals surface area (Å²) in [7, 11) is 0. The molecule has 7 nitrogen and oxygen atoms in total. The summed E-state index contributed by atoms with van der Waals surface area (Å²) in [6.07, 6.45) is 7.63. The fourth-order valence-electron chi connectivity index (χ4n) is 5.40. The molecule has 1 saturated heterocycles. The number of aromatic nitrogens is 2. The van der Waals surface area contributed by atoms with E-state index in [1.165, 1.54) is 19.3 Å². The highest BCUT2D eigenvalue weighted by Gasteiger charge is 2.29. The van der Waals surface area contributed by atoms with Crippen LogP contribution < -0.4 is 9.64 Å². The Bertz CT molecular complexity index is 1200. The number of benzene rings is 2. The Morgan fingerprint density at radius 1 is 0.943 bits per heavy atom. The van der Waals surface area contributed by atoms with Gasteiger partial charge in [0.15, 0.2) is 6.61 Å². The molecule has 1 aromatic heterocycles. The Hall–Kier alpha value is -3.19. The minimum Gasteiger partial charge on any atom is -0.484 e. The van der Waals surface area contributed by atoms with E-state index in [1.807, 2.05) is 41.4 Å². The molecule has 3 aliphatic rings. The molecule has 2 aliphatic heterocycles. The third-order valence-electron chi connectivity index (χ3n) is 7.84. The summed E-state index contributed by atoms with van der Waals surface area (Å²) in [4.78, 5) is 29.4. The third kappa shape index (κ3) is 4.82. The number of rotatable bonds is 5. The van der Waals surface area contributed by atoms with Crippen molar-refractivity contribution in [1.29, 1.82) is 0 Å². The first kappa shape index (κ1) is 22.3. The number of hydrogen-bond donors (Lipinski definition) is 0. The lowest BCUT2D eigenvalue weighted by molar-refractivity contribution is -0.133. The summed E-state index contributed by atoms with van der Waals surface area (Å²) >= 11 is 0. The van der Waals surface area contributed by atoms with Gasteiger partial charge in [-0.2, -0.15) is 0 Å². The van der Waals surface area contributed by atoms with Crippen molar-refractivity contribution in [2.75, 3.05) is 50.8 Å². The van der Waals surface area contributed by atoms with Crippen LogP contribution in [0.2, 0.25) is 0 Å². The molecule has 2 fully saturated rings. The van der Waals surface area contributed by atoms with Crippen LogP contribution in [0, 0.1) is 0 Å². The SMILES string of the molecule is O=C(COc1ccc2ccccc2c1)N1CCc2cnc(N3CCN(C4CCC4)CC3)nc2CC1. The second-order valence-electron chi connectivity index (χ2n) is 9.93. The molecule has 0 bridgehead atoms. The van der Waals surface area contributed by atoms with Crippen molar-refractivity contribution in [3.05, 3.63) is 59.9 Å². The second-order valence-corrected chi connectivity index (χ2v) is 9.93. The zero-order valence-corrected chi connectivity index (χ0v) is 20.2. The third-order valence-corrected chi connectivity index (χ3v) is 7.84. The van der Waals surface area contributed by atoms with Crippen molar-refractivity contribution in [1.82, 2.24) is 19.8 Å². The number of carbonyl (C=O) groups is 1. The van der Waals surface area contributed by atoms with E-state index in [0.29, 0.717) is 13.1 Å². The van der Waals surface area contributed by atoms with E-state index in [2.05, 4.69) is 21.9 Å². The first-order valence-corrected chi connectivity index (χ1v) is 13.0. The topological polar surface area (TPSA) is 61.8 Å². The van der Waals surface area contributed by atoms with Crippen molar-refractivity contribution in [3.63, 3.8) is 0 Å². The van der Waals surface area contributed by atoms with Gasteiger partial charge in [-0.25, -0.2) is 9.97 Å². The van der Waals surface area contributed by atoms with E-state index in [9.17, 15) is 4.79 Å². The van der Waals surface area contributed by atoms with Crippen LogP contribution in [0.5, 0.6) is 5.75 Å². The van der Waals surface area contributed by atoms with Gasteiger partial charge in [0, 0.05) is 57.9 Å². The van der Waals surface area contributed by atoms with E-state index in [0.717, 1.165) is 78.8 Å². The Labute approximate surface area is 206 Å². The van der Waals surface area contributed by atoms with Crippen LogP contribution in [0.15, 0.2) is 48.7 Å². The molecular weight excluding hydrogens is 438 g/mol. The maximum atomic E-state index is 12.9. The lowest BCUT2D eigenvalue weighted by atomic mass is 9.91. The summed E-state index contributed by atoms with van der Waals surface area (Å²) < 4.78 is 5.85. The Kier molecular flexibility index (Phi) is 6.25. The van der Waals surface area contributed by atoms with Crippen molar-refractivity contribution in [2.45, 2.75) is 38.1 Å². The average Bonchev–Trinajstić information content (AvgIpc) is 3.09. The largest absolute Gasteiger partial charge is 0.484 e. The second kappa shape index (κ2) is 9.82. The lowest BCUT2D eigenvalue weighted by Gasteiger charge is -2.43. The smallest absolute Gasteiger partial charge is 0.260 e. The zero-order chi connectivity index (χ0) is 23.6. The number of fused-ring (bicyclic) bond motifs is 2. The summed E-state index contributed by atoms with van der Waals surface area (Å²) in [5.41, 5.74) is 2.25. The molecule has 0 atom stereocenters. The summed E-state index contributed by atoms with van der Waals surface area (Å²) in [6, 6.07) is 14.9. The van der Waals surface area contributed by atoms with Crippen LogP contribution in [0.3, 0.4) is 0 Å². The van der Waals surface area contributed by atoms with Gasteiger partial charge >= 0.3 is 0 Å². The predicted octanol–water partition coefficient (Wildman–Crippen LogP) is 3.31. The maximum Gasteiger partial charge on any atom is 0.260 e. The van der Waals surface area contributed by atoms with Gasteiger partial charge in [0.1, 0.15) is 5.75 Å². The molecule has 2 aromatic carbocycles. The van der Waals surface area contributed by atoms with Crippen LogP contribution in [0.4, 0.5) is 5.95 Å². The van der Waals surface area contributed by atoms with Gasteiger partial charge in [0.2, 0.25) is 5.95 Å². The molecule has 6 rings (SSSR count). The summed E-state index contributed by atoms with van der Waals surface area (Å²) in [6.45, 7) is 5.58.